The van der Waals surface area contributed by atoms with E-state index >= 15 is 0 Å². The molecule has 0 spiro atoms. The van der Waals surface area contributed by atoms with Gasteiger partial charge in [0.1, 0.15) is 10.4 Å². The fourth-order valence-corrected chi connectivity index (χ4v) is 5.17. The van der Waals surface area contributed by atoms with Crippen LogP contribution >= 0.6 is 35.3 Å². The topological polar surface area (TPSA) is 59.9 Å². The zero-order valence-electron chi connectivity index (χ0n) is 16.0. The minimum absolute atomic E-state index is 0.164. The Balaban J connectivity index is 1.72. The Bertz CT molecular complexity index is 1270. The second kappa shape index (κ2) is 8.52. The van der Waals surface area contributed by atoms with Crippen molar-refractivity contribution in [1.29, 1.82) is 0 Å². The third-order valence-corrected chi connectivity index (χ3v) is 6.74. The molecule has 0 saturated heterocycles. The number of aromatic amines is 1. The lowest BCUT2D eigenvalue weighted by molar-refractivity contribution is 0.340. The first-order valence-corrected chi connectivity index (χ1v) is 11.3. The SMILES string of the molecule is CCOc1ccc(-n2c(=S)sc3c(=O)[nH]c(SCc4ccccc4C)nc32)cc1. The van der Waals surface area contributed by atoms with Crippen LogP contribution in [0.4, 0.5) is 0 Å². The Kier molecular flexibility index (Phi) is 5.84. The van der Waals surface area contributed by atoms with Gasteiger partial charge in [0.15, 0.2) is 14.8 Å². The van der Waals surface area contributed by atoms with E-state index in [1.165, 1.54) is 34.2 Å². The molecule has 0 aliphatic rings. The Morgan fingerprint density at radius 2 is 1.97 bits per heavy atom. The van der Waals surface area contributed by atoms with Crippen LogP contribution in [0.1, 0.15) is 18.1 Å². The van der Waals surface area contributed by atoms with Crippen molar-refractivity contribution in [2.45, 2.75) is 24.8 Å². The van der Waals surface area contributed by atoms with Gasteiger partial charge in [-0.1, -0.05) is 47.4 Å². The van der Waals surface area contributed by atoms with Gasteiger partial charge in [0.2, 0.25) is 0 Å². The Labute approximate surface area is 181 Å². The molecule has 148 valence electrons. The average Bonchev–Trinajstić information content (AvgIpc) is 3.05. The number of nitrogens with one attached hydrogen (secondary N) is 1. The van der Waals surface area contributed by atoms with Crippen LogP contribution < -0.4 is 10.3 Å². The Hall–Kier alpha value is -2.42. The molecule has 29 heavy (non-hydrogen) atoms. The minimum atomic E-state index is -0.164. The van der Waals surface area contributed by atoms with E-state index in [1.807, 2.05) is 47.9 Å². The molecular formula is C21H19N3O2S3. The summed E-state index contributed by atoms with van der Waals surface area (Å²) >= 11 is 8.31. The maximum absolute atomic E-state index is 12.6. The summed E-state index contributed by atoms with van der Waals surface area (Å²) in [6.07, 6.45) is 0. The molecule has 4 aromatic rings. The number of thiazole rings is 1. The molecule has 4 rings (SSSR count). The molecule has 5 nitrogen and oxygen atoms in total. The van der Waals surface area contributed by atoms with Crippen LogP contribution in [0.2, 0.25) is 0 Å². The predicted molar refractivity (Wildman–Crippen MR) is 122 cm³/mol. The molecule has 0 unspecified atom stereocenters. The lowest BCUT2D eigenvalue weighted by Gasteiger charge is -2.08. The molecule has 8 heteroatoms. The van der Waals surface area contributed by atoms with Crippen LogP contribution in [0.5, 0.6) is 5.75 Å². The first-order chi connectivity index (χ1) is 14.1. The zero-order valence-corrected chi connectivity index (χ0v) is 18.4. The molecule has 0 aliphatic carbocycles. The second-order valence-corrected chi connectivity index (χ2v) is 8.98. The van der Waals surface area contributed by atoms with Crippen LogP contribution in [-0.4, -0.2) is 21.1 Å². The minimum Gasteiger partial charge on any atom is -0.494 e. The molecule has 0 atom stereocenters. The van der Waals surface area contributed by atoms with Crippen LogP contribution in [0, 0.1) is 10.9 Å². The highest BCUT2D eigenvalue weighted by Gasteiger charge is 2.14. The van der Waals surface area contributed by atoms with E-state index < -0.39 is 0 Å². The maximum atomic E-state index is 12.6. The summed E-state index contributed by atoms with van der Waals surface area (Å²) in [6.45, 7) is 4.64. The molecule has 0 saturated carbocycles. The first-order valence-electron chi connectivity index (χ1n) is 9.13. The van der Waals surface area contributed by atoms with Crippen molar-refractivity contribution in [1.82, 2.24) is 14.5 Å². The molecule has 0 aliphatic heterocycles. The third kappa shape index (κ3) is 4.14. The Morgan fingerprint density at radius 1 is 1.21 bits per heavy atom. The predicted octanol–water partition coefficient (Wildman–Crippen LogP) is 5.50. The van der Waals surface area contributed by atoms with Crippen LogP contribution in [-0.2, 0) is 5.75 Å². The van der Waals surface area contributed by atoms with Crippen molar-refractivity contribution in [2.75, 3.05) is 6.61 Å². The molecule has 1 N–H and O–H groups in total. The van der Waals surface area contributed by atoms with E-state index in [4.69, 9.17) is 21.9 Å². The van der Waals surface area contributed by atoms with E-state index in [0.717, 1.165) is 17.2 Å². The molecular weight excluding hydrogens is 422 g/mol. The zero-order chi connectivity index (χ0) is 20.4. The van der Waals surface area contributed by atoms with Gasteiger partial charge in [-0.2, -0.15) is 0 Å². The number of ether oxygens (including phenoxy) is 1. The summed E-state index contributed by atoms with van der Waals surface area (Å²) in [5.74, 6) is 1.53. The fraction of sp³-hybridized carbons (Fsp3) is 0.190. The summed E-state index contributed by atoms with van der Waals surface area (Å²) in [6, 6.07) is 15.8. The van der Waals surface area contributed by atoms with Gasteiger partial charge < -0.3 is 9.72 Å². The number of aryl methyl sites for hydroxylation is 1. The largest absolute Gasteiger partial charge is 0.494 e. The molecule has 2 aromatic heterocycles. The summed E-state index contributed by atoms with van der Waals surface area (Å²) in [4.78, 5) is 20.2. The van der Waals surface area contributed by atoms with Gasteiger partial charge in [0.25, 0.3) is 5.56 Å². The van der Waals surface area contributed by atoms with E-state index in [2.05, 4.69) is 24.0 Å². The highest BCUT2D eigenvalue weighted by Crippen LogP contribution is 2.27. The molecule has 0 amide bonds. The number of rotatable bonds is 6. The second-order valence-electron chi connectivity index (χ2n) is 6.37. The Morgan fingerprint density at radius 3 is 2.69 bits per heavy atom. The first kappa shape index (κ1) is 19.9. The van der Waals surface area contributed by atoms with Crippen LogP contribution in [0.3, 0.4) is 0 Å². The number of H-pyrrole nitrogens is 1. The smallest absolute Gasteiger partial charge is 0.271 e. The molecule has 2 aromatic carbocycles. The van der Waals surface area contributed by atoms with Crippen molar-refractivity contribution in [3.63, 3.8) is 0 Å². The maximum Gasteiger partial charge on any atom is 0.271 e. The van der Waals surface area contributed by atoms with Gasteiger partial charge in [-0.05, 0) is 61.5 Å². The summed E-state index contributed by atoms with van der Waals surface area (Å²) in [7, 11) is 0. The summed E-state index contributed by atoms with van der Waals surface area (Å²) in [5.41, 5.74) is 3.71. The summed E-state index contributed by atoms with van der Waals surface area (Å²) in [5, 5.41) is 0.582. The monoisotopic (exact) mass is 441 g/mol. The number of hydrogen-bond acceptors (Lipinski definition) is 6. The van der Waals surface area contributed by atoms with Crippen molar-refractivity contribution >= 4 is 45.7 Å². The molecule has 2 heterocycles. The summed E-state index contributed by atoms with van der Waals surface area (Å²) < 4.78 is 8.47. The highest BCUT2D eigenvalue weighted by atomic mass is 32.2. The standard InChI is InChI=1S/C21H19N3O2S3/c1-3-26-16-10-8-15(9-11-16)24-18-17(29-21(24)27)19(25)23-20(22-18)28-12-14-7-5-4-6-13(14)2/h4-11H,3,12H2,1-2H3,(H,22,23,25). The average molecular weight is 442 g/mol. The van der Waals surface area contributed by atoms with Gasteiger partial charge >= 0.3 is 0 Å². The number of nitrogens with zero attached hydrogens (tertiary/aromatic N) is 2. The normalized spacial score (nSPS) is 11.1. The number of hydrogen-bond donors (Lipinski definition) is 1. The van der Waals surface area contributed by atoms with Gasteiger partial charge in [-0.25, -0.2) is 4.98 Å². The van der Waals surface area contributed by atoms with Crippen molar-refractivity contribution in [3.8, 4) is 11.4 Å². The highest BCUT2D eigenvalue weighted by molar-refractivity contribution is 7.98. The number of benzene rings is 2. The molecule has 0 bridgehead atoms. The molecule has 0 fully saturated rings. The number of aromatic nitrogens is 3. The van der Waals surface area contributed by atoms with Crippen LogP contribution in [0.15, 0.2) is 58.5 Å². The van der Waals surface area contributed by atoms with Gasteiger partial charge in [0.05, 0.1) is 6.61 Å². The lowest BCUT2D eigenvalue weighted by atomic mass is 10.1. The van der Waals surface area contributed by atoms with E-state index in [0.29, 0.717) is 26.1 Å². The van der Waals surface area contributed by atoms with Gasteiger partial charge in [0, 0.05) is 11.4 Å². The van der Waals surface area contributed by atoms with Crippen molar-refractivity contribution in [3.05, 3.63) is 74.0 Å². The number of thioether (sulfide) groups is 1. The molecule has 0 radical (unpaired) electrons. The number of fused-ring (bicyclic) bond motifs is 1. The lowest BCUT2D eigenvalue weighted by Crippen LogP contribution is -2.09. The quantitative estimate of drug-likeness (QED) is 0.243. The van der Waals surface area contributed by atoms with E-state index in [1.54, 1.807) is 0 Å². The van der Waals surface area contributed by atoms with E-state index in [-0.39, 0.29) is 5.56 Å². The third-order valence-electron chi connectivity index (χ3n) is 4.45. The van der Waals surface area contributed by atoms with E-state index in [9.17, 15) is 4.79 Å². The van der Waals surface area contributed by atoms with Gasteiger partial charge in [-0.3, -0.25) is 9.36 Å². The fourth-order valence-electron chi connectivity index (χ4n) is 2.97. The van der Waals surface area contributed by atoms with Crippen LogP contribution in [0.25, 0.3) is 16.0 Å². The van der Waals surface area contributed by atoms with Crippen molar-refractivity contribution in [2.24, 2.45) is 0 Å². The van der Waals surface area contributed by atoms with Crippen molar-refractivity contribution < 1.29 is 4.74 Å². The van der Waals surface area contributed by atoms with Gasteiger partial charge in [-0.15, -0.1) is 0 Å².